The van der Waals surface area contributed by atoms with Crippen LogP contribution < -0.4 is 19.5 Å². The minimum Gasteiger partial charge on any atom is -0.493 e. The van der Waals surface area contributed by atoms with Gasteiger partial charge in [-0.15, -0.1) is 0 Å². The van der Waals surface area contributed by atoms with Gasteiger partial charge in [-0.25, -0.2) is 4.68 Å². The topological polar surface area (TPSA) is 101 Å². The molecular weight excluding hydrogens is 426 g/mol. The number of nitrogens with one attached hydrogen (secondary N) is 1. The van der Waals surface area contributed by atoms with Gasteiger partial charge in [0, 0.05) is 29.1 Å². The van der Waals surface area contributed by atoms with Gasteiger partial charge in [-0.2, -0.15) is 5.10 Å². The minimum atomic E-state index is -0.520. The van der Waals surface area contributed by atoms with Crippen LogP contribution in [0.15, 0.2) is 42.5 Å². The third kappa shape index (κ3) is 5.43. The Bertz CT molecular complexity index is 1120. The highest BCUT2D eigenvalue weighted by atomic mass is 16.5. The van der Waals surface area contributed by atoms with Crippen LogP contribution in [0, 0.1) is 13.8 Å². The normalized spacial score (nSPS) is 10.5. The van der Waals surface area contributed by atoms with Crippen molar-refractivity contribution >= 4 is 17.6 Å². The molecule has 1 heterocycles. The van der Waals surface area contributed by atoms with Gasteiger partial charge in [-0.1, -0.05) is 18.2 Å². The van der Waals surface area contributed by atoms with E-state index < -0.39 is 18.5 Å². The van der Waals surface area contributed by atoms with Gasteiger partial charge in [0.05, 0.1) is 39.1 Å². The lowest BCUT2D eigenvalue weighted by Crippen LogP contribution is -2.22. The number of hydrogen-bond donors (Lipinski definition) is 1. The summed E-state index contributed by atoms with van der Waals surface area (Å²) in [6.45, 7) is 3.30. The maximum absolute atomic E-state index is 12.4. The molecule has 3 rings (SSSR count). The first-order valence-corrected chi connectivity index (χ1v) is 10.2. The third-order valence-corrected chi connectivity index (χ3v) is 5.08. The van der Waals surface area contributed by atoms with Crippen molar-refractivity contribution in [3.8, 4) is 22.9 Å². The van der Waals surface area contributed by atoms with Gasteiger partial charge in [0.25, 0.3) is 5.91 Å². The summed E-state index contributed by atoms with van der Waals surface area (Å²) < 4.78 is 22.8. The first-order valence-electron chi connectivity index (χ1n) is 10.2. The zero-order valence-corrected chi connectivity index (χ0v) is 19.3. The molecule has 9 nitrogen and oxygen atoms in total. The van der Waals surface area contributed by atoms with Crippen molar-refractivity contribution in [3.63, 3.8) is 0 Å². The van der Waals surface area contributed by atoms with Crippen molar-refractivity contribution in [3.05, 3.63) is 59.4 Å². The monoisotopic (exact) mass is 453 g/mol. The van der Waals surface area contributed by atoms with Crippen molar-refractivity contribution in [2.45, 2.75) is 20.3 Å². The van der Waals surface area contributed by atoms with Crippen molar-refractivity contribution in [1.29, 1.82) is 0 Å². The molecule has 0 fully saturated rings. The average molecular weight is 453 g/mol. The van der Waals surface area contributed by atoms with Crippen molar-refractivity contribution in [1.82, 2.24) is 9.78 Å². The Kier molecular flexibility index (Phi) is 7.55. The zero-order chi connectivity index (χ0) is 24.0. The number of esters is 1. The molecule has 0 saturated heterocycles. The number of rotatable bonds is 9. The van der Waals surface area contributed by atoms with Gasteiger partial charge in [0.2, 0.25) is 5.75 Å². The van der Waals surface area contributed by atoms with Gasteiger partial charge < -0.3 is 24.3 Å². The Morgan fingerprint density at radius 1 is 0.970 bits per heavy atom. The van der Waals surface area contributed by atoms with Crippen LogP contribution in [0.3, 0.4) is 0 Å². The van der Waals surface area contributed by atoms with Crippen LogP contribution in [0.5, 0.6) is 17.2 Å². The SMILES string of the molecule is COc1cc(NC(=O)COC(=O)Cc2c(C)nn(-c3ccccc3)c2C)cc(OC)c1OC. The predicted octanol–water partition coefficient (Wildman–Crippen LogP) is 3.24. The number of anilines is 1. The van der Waals surface area contributed by atoms with Crippen LogP contribution >= 0.6 is 0 Å². The Hall–Kier alpha value is -4.01. The van der Waals surface area contributed by atoms with Crippen LogP contribution in [-0.2, 0) is 20.7 Å². The fourth-order valence-electron chi connectivity index (χ4n) is 3.44. The number of benzene rings is 2. The van der Waals surface area contributed by atoms with Crippen molar-refractivity contribution in [2.24, 2.45) is 0 Å². The molecule has 1 aromatic heterocycles. The van der Waals surface area contributed by atoms with Crippen molar-refractivity contribution in [2.75, 3.05) is 33.3 Å². The molecule has 1 N–H and O–H groups in total. The van der Waals surface area contributed by atoms with E-state index in [1.54, 1.807) is 16.8 Å². The highest BCUT2D eigenvalue weighted by molar-refractivity contribution is 5.93. The smallest absolute Gasteiger partial charge is 0.310 e. The van der Waals surface area contributed by atoms with E-state index in [4.69, 9.17) is 18.9 Å². The molecule has 0 unspecified atom stereocenters. The summed E-state index contributed by atoms with van der Waals surface area (Å²) in [5.74, 6) is 0.183. The van der Waals surface area contributed by atoms with E-state index >= 15 is 0 Å². The zero-order valence-electron chi connectivity index (χ0n) is 19.3. The second kappa shape index (κ2) is 10.5. The van der Waals surface area contributed by atoms with Gasteiger partial charge in [0.1, 0.15) is 0 Å². The molecule has 2 aromatic carbocycles. The number of ether oxygens (including phenoxy) is 4. The quantitative estimate of drug-likeness (QED) is 0.497. The summed E-state index contributed by atoms with van der Waals surface area (Å²) in [7, 11) is 4.45. The highest BCUT2D eigenvalue weighted by Gasteiger charge is 2.18. The molecule has 3 aromatic rings. The van der Waals surface area contributed by atoms with E-state index in [2.05, 4.69) is 10.4 Å². The summed E-state index contributed by atoms with van der Waals surface area (Å²) in [6, 6.07) is 12.8. The van der Waals surface area contributed by atoms with Gasteiger partial charge in [-0.3, -0.25) is 9.59 Å². The molecule has 9 heteroatoms. The number of hydrogen-bond acceptors (Lipinski definition) is 7. The molecule has 0 aliphatic heterocycles. The number of carbonyl (C=O) groups excluding carboxylic acids is 2. The van der Waals surface area contributed by atoms with Crippen molar-refractivity contribution < 1.29 is 28.5 Å². The van der Waals surface area contributed by atoms with E-state index in [1.165, 1.54) is 21.3 Å². The molecule has 1 amide bonds. The van der Waals surface area contributed by atoms with Gasteiger partial charge in [0.15, 0.2) is 18.1 Å². The molecule has 0 atom stereocenters. The fraction of sp³-hybridized carbons (Fsp3) is 0.292. The lowest BCUT2D eigenvalue weighted by atomic mass is 10.1. The molecule has 0 bridgehead atoms. The van der Waals surface area contributed by atoms with E-state index in [9.17, 15) is 9.59 Å². The summed E-state index contributed by atoms with van der Waals surface area (Å²) in [5.41, 5.74) is 3.67. The molecule has 0 aliphatic rings. The fourth-order valence-corrected chi connectivity index (χ4v) is 3.44. The second-order valence-electron chi connectivity index (χ2n) is 7.20. The number of methoxy groups -OCH3 is 3. The van der Waals surface area contributed by atoms with E-state index in [0.717, 1.165) is 22.6 Å². The third-order valence-electron chi connectivity index (χ3n) is 5.08. The summed E-state index contributed by atoms with van der Waals surface area (Å²) in [5, 5.41) is 7.19. The summed E-state index contributed by atoms with van der Waals surface area (Å²) in [6.07, 6.45) is 0.0158. The number of aryl methyl sites for hydroxylation is 1. The Labute approximate surface area is 192 Å². The van der Waals surface area contributed by atoms with Crippen LogP contribution in [0.4, 0.5) is 5.69 Å². The first-order chi connectivity index (χ1) is 15.9. The molecule has 33 heavy (non-hydrogen) atoms. The molecular formula is C24H27N3O6. The largest absolute Gasteiger partial charge is 0.493 e. The number of carbonyl (C=O) groups is 2. The number of aromatic nitrogens is 2. The first kappa shape index (κ1) is 23.6. The summed E-state index contributed by atoms with van der Waals surface area (Å²) in [4.78, 5) is 24.7. The van der Waals surface area contributed by atoms with E-state index in [0.29, 0.717) is 22.9 Å². The molecule has 0 aliphatic carbocycles. The lowest BCUT2D eigenvalue weighted by Gasteiger charge is -2.14. The number of para-hydroxylation sites is 1. The van der Waals surface area contributed by atoms with Crippen LogP contribution in [0.1, 0.15) is 17.0 Å². The highest BCUT2D eigenvalue weighted by Crippen LogP contribution is 2.39. The van der Waals surface area contributed by atoms with Crippen LogP contribution in [0.2, 0.25) is 0 Å². The Morgan fingerprint density at radius 2 is 1.61 bits per heavy atom. The molecule has 0 saturated carbocycles. The summed E-state index contributed by atoms with van der Waals surface area (Å²) >= 11 is 0. The molecule has 0 radical (unpaired) electrons. The molecule has 0 spiro atoms. The van der Waals surface area contributed by atoms with Gasteiger partial charge >= 0.3 is 5.97 Å². The second-order valence-corrected chi connectivity index (χ2v) is 7.20. The lowest BCUT2D eigenvalue weighted by molar-refractivity contribution is -0.146. The predicted molar refractivity (Wildman–Crippen MR) is 122 cm³/mol. The average Bonchev–Trinajstić information content (AvgIpc) is 3.10. The maximum atomic E-state index is 12.4. The number of nitrogens with zero attached hydrogens (tertiary/aromatic N) is 2. The van der Waals surface area contributed by atoms with Crippen LogP contribution in [-0.4, -0.2) is 49.6 Å². The number of amides is 1. The Balaban J connectivity index is 1.62. The Morgan fingerprint density at radius 3 is 2.18 bits per heavy atom. The van der Waals surface area contributed by atoms with Crippen LogP contribution in [0.25, 0.3) is 5.69 Å². The standard InChI is InChI=1S/C24H27N3O6/c1-15-19(16(2)27(26-15)18-9-7-6-8-10-18)13-23(29)33-14-22(28)25-17-11-20(30-3)24(32-5)21(12-17)31-4/h6-12H,13-14H2,1-5H3,(H,25,28). The maximum Gasteiger partial charge on any atom is 0.310 e. The molecule has 174 valence electrons. The van der Waals surface area contributed by atoms with E-state index in [-0.39, 0.29) is 6.42 Å². The van der Waals surface area contributed by atoms with Gasteiger partial charge in [-0.05, 0) is 26.0 Å². The van der Waals surface area contributed by atoms with E-state index in [1.807, 2.05) is 44.2 Å². The minimum absolute atomic E-state index is 0.0158.